The van der Waals surface area contributed by atoms with Crippen LogP contribution < -0.4 is 11.2 Å². The average molecular weight is 399 g/mol. The molecule has 0 saturated heterocycles. The van der Waals surface area contributed by atoms with Crippen molar-refractivity contribution in [1.29, 1.82) is 0 Å². The fourth-order valence-corrected chi connectivity index (χ4v) is 3.69. The molecule has 146 valence electrons. The van der Waals surface area contributed by atoms with Gasteiger partial charge in [-0.2, -0.15) is 5.10 Å². The standard InChI is InChI=1S/C19H12F3N5O2/c20-12-1-2-13(21)16(22)15(12)9-5-8(9)10-6-14(26-27-4-3-23-17(10)27)11-7-24-19(29)25-18(11)28/h1-4,6-9H,5H2,(H2,24,25,28,29)/t8-,9-/m0/s1. The van der Waals surface area contributed by atoms with Gasteiger partial charge in [-0.05, 0) is 36.5 Å². The molecule has 1 saturated carbocycles. The molecular weight excluding hydrogens is 387 g/mol. The van der Waals surface area contributed by atoms with E-state index in [1.807, 2.05) is 0 Å². The lowest BCUT2D eigenvalue weighted by Crippen LogP contribution is -2.23. The predicted molar refractivity (Wildman–Crippen MR) is 96.1 cm³/mol. The van der Waals surface area contributed by atoms with Crippen molar-refractivity contribution < 1.29 is 13.2 Å². The normalized spacial score (nSPS) is 18.3. The van der Waals surface area contributed by atoms with Gasteiger partial charge in [0.25, 0.3) is 5.56 Å². The van der Waals surface area contributed by atoms with Crippen molar-refractivity contribution in [3.63, 3.8) is 0 Å². The van der Waals surface area contributed by atoms with Crippen LogP contribution in [-0.2, 0) is 0 Å². The highest BCUT2D eigenvalue weighted by molar-refractivity contribution is 5.63. The number of nitrogens with zero attached hydrogens (tertiary/aromatic N) is 3. The Balaban J connectivity index is 1.64. The SMILES string of the molecule is O=c1[nH]cc(-c2cc([C@H]3C[C@@H]3c3c(F)ccc(F)c3F)c3nccn3n2)c(=O)[nH]1. The van der Waals surface area contributed by atoms with Gasteiger partial charge in [-0.25, -0.2) is 27.5 Å². The molecule has 1 aliphatic carbocycles. The van der Waals surface area contributed by atoms with Crippen LogP contribution in [-0.4, -0.2) is 24.6 Å². The van der Waals surface area contributed by atoms with Gasteiger partial charge < -0.3 is 4.98 Å². The van der Waals surface area contributed by atoms with E-state index in [9.17, 15) is 22.8 Å². The van der Waals surface area contributed by atoms with E-state index >= 15 is 0 Å². The number of nitrogens with one attached hydrogen (secondary N) is 2. The van der Waals surface area contributed by atoms with E-state index in [-0.39, 0.29) is 22.7 Å². The third kappa shape index (κ3) is 2.75. The van der Waals surface area contributed by atoms with E-state index < -0.39 is 34.6 Å². The second kappa shape index (κ2) is 6.16. The second-order valence-corrected chi connectivity index (χ2v) is 6.87. The van der Waals surface area contributed by atoms with Crippen molar-refractivity contribution in [3.05, 3.63) is 86.2 Å². The summed E-state index contributed by atoms with van der Waals surface area (Å²) in [6.07, 6.45) is 4.72. The van der Waals surface area contributed by atoms with Gasteiger partial charge in [-0.1, -0.05) is 0 Å². The highest BCUT2D eigenvalue weighted by atomic mass is 19.2. The molecular formula is C19H12F3N5O2. The summed E-state index contributed by atoms with van der Waals surface area (Å²) in [4.78, 5) is 32.2. The molecule has 7 nitrogen and oxygen atoms in total. The summed E-state index contributed by atoms with van der Waals surface area (Å²) in [7, 11) is 0. The maximum Gasteiger partial charge on any atom is 0.325 e. The molecule has 3 aromatic heterocycles. The minimum absolute atomic E-state index is 0.127. The summed E-state index contributed by atoms with van der Waals surface area (Å²) < 4.78 is 43.4. The Morgan fingerprint density at radius 1 is 1.10 bits per heavy atom. The maximum atomic E-state index is 14.2. The van der Waals surface area contributed by atoms with E-state index in [2.05, 4.69) is 20.1 Å². The molecule has 0 amide bonds. The molecule has 2 atom stereocenters. The van der Waals surface area contributed by atoms with Crippen molar-refractivity contribution in [2.75, 3.05) is 0 Å². The molecule has 10 heteroatoms. The Morgan fingerprint density at radius 3 is 2.69 bits per heavy atom. The van der Waals surface area contributed by atoms with Crippen molar-refractivity contribution in [1.82, 2.24) is 24.6 Å². The highest BCUT2D eigenvalue weighted by Crippen LogP contribution is 2.56. The largest absolute Gasteiger partial charge is 0.325 e. The Morgan fingerprint density at radius 2 is 1.90 bits per heavy atom. The minimum Gasteiger partial charge on any atom is -0.313 e. The van der Waals surface area contributed by atoms with Crippen molar-refractivity contribution in [3.8, 4) is 11.3 Å². The van der Waals surface area contributed by atoms with Crippen LogP contribution in [0.3, 0.4) is 0 Å². The number of halogens is 3. The molecule has 0 aliphatic heterocycles. The van der Waals surface area contributed by atoms with E-state index in [1.165, 1.54) is 16.9 Å². The lowest BCUT2D eigenvalue weighted by molar-refractivity contribution is 0.479. The van der Waals surface area contributed by atoms with Gasteiger partial charge >= 0.3 is 5.69 Å². The van der Waals surface area contributed by atoms with Gasteiger partial charge in [0, 0.05) is 29.7 Å². The molecule has 5 rings (SSSR count). The number of rotatable bonds is 3. The summed E-state index contributed by atoms with van der Waals surface area (Å²) in [5.74, 6) is -3.98. The molecule has 0 bridgehead atoms. The zero-order chi connectivity index (χ0) is 20.3. The van der Waals surface area contributed by atoms with Gasteiger partial charge in [-0.15, -0.1) is 0 Å². The van der Waals surface area contributed by atoms with Crippen LogP contribution in [0.5, 0.6) is 0 Å². The first-order chi connectivity index (χ1) is 13.9. The third-order valence-corrected chi connectivity index (χ3v) is 5.12. The number of hydrogen-bond donors (Lipinski definition) is 2. The lowest BCUT2D eigenvalue weighted by Gasteiger charge is -2.08. The van der Waals surface area contributed by atoms with Gasteiger partial charge in [0.1, 0.15) is 5.82 Å². The van der Waals surface area contributed by atoms with Crippen molar-refractivity contribution in [2.24, 2.45) is 0 Å². The Bertz CT molecular complexity index is 1390. The number of aromatic amines is 2. The Hall–Kier alpha value is -3.69. The first-order valence-electron chi connectivity index (χ1n) is 8.74. The van der Waals surface area contributed by atoms with Gasteiger partial charge in [0.05, 0.1) is 11.3 Å². The van der Waals surface area contributed by atoms with Crippen molar-refractivity contribution in [2.45, 2.75) is 18.3 Å². The number of hydrogen-bond acceptors (Lipinski definition) is 4. The molecule has 29 heavy (non-hydrogen) atoms. The number of H-pyrrole nitrogens is 2. The van der Waals surface area contributed by atoms with Crippen LogP contribution in [0.2, 0.25) is 0 Å². The molecule has 2 N–H and O–H groups in total. The summed E-state index contributed by atoms with van der Waals surface area (Å²) >= 11 is 0. The average Bonchev–Trinajstić information content (AvgIpc) is 3.30. The first kappa shape index (κ1) is 17.4. The summed E-state index contributed by atoms with van der Waals surface area (Å²) in [5, 5.41) is 4.32. The summed E-state index contributed by atoms with van der Waals surface area (Å²) in [6.45, 7) is 0. The Kier molecular flexibility index (Phi) is 3.70. The van der Waals surface area contributed by atoms with E-state index in [1.54, 1.807) is 12.3 Å². The molecule has 1 aliphatic rings. The van der Waals surface area contributed by atoms with Crippen molar-refractivity contribution >= 4 is 5.65 Å². The van der Waals surface area contributed by atoms with Gasteiger partial charge in [-0.3, -0.25) is 9.78 Å². The van der Waals surface area contributed by atoms with E-state index in [4.69, 9.17) is 0 Å². The monoisotopic (exact) mass is 399 g/mol. The van der Waals surface area contributed by atoms with Crippen LogP contribution in [0.25, 0.3) is 16.9 Å². The third-order valence-electron chi connectivity index (χ3n) is 5.12. The van der Waals surface area contributed by atoms with Crippen LogP contribution in [0, 0.1) is 17.5 Å². The molecule has 0 radical (unpaired) electrons. The number of fused-ring (bicyclic) bond motifs is 1. The molecule has 1 aromatic carbocycles. The minimum atomic E-state index is -1.19. The van der Waals surface area contributed by atoms with Crippen LogP contribution in [0.4, 0.5) is 13.2 Å². The van der Waals surface area contributed by atoms with E-state index in [0.717, 1.165) is 12.1 Å². The molecule has 4 aromatic rings. The summed E-state index contributed by atoms with van der Waals surface area (Å²) in [5.41, 5.74) is -0.0863. The molecule has 0 unspecified atom stereocenters. The highest BCUT2D eigenvalue weighted by Gasteiger charge is 2.45. The molecule has 0 spiro atoms. The number of benzene rings is 1. The predicted octanol–water partition coefficient (Wildman–Crippen LogP) is 2.46. The smallest absolute Gasteiger partial charge is 0.313 e. The zero-order valence-corrected chi connectivity index (χ0v) is 14.6. The topological polar surface area (TPSA) is 95.9 Å². The maximum absolute atomic E-state index is 14.2. The van der Waals surface area contributed by atoms with Gasteiger partial charge in [0.2, 0.25) is 0 Å². The Labute approximate surface area is 159 Å². The summed E-state index contributed by atoms with van der Waals surface area (Å²) in [6, 6.07) is 3.27. The fourth-order valence-electron chi connectivity index (χ4n) is 3.69. The van der Waals surface area contributed by atoms with E-state index in [0.29, 0.717) is 17.6 Å². The molecule has 3 heterocycles. The lowest BCUT2D eigenvalue weighted by atomic mass is 10.0. The zero-order valence-electron chi connectivity index (χ0n) is 14.6. The quantitative estimate of drug-likeness (QED) is 0.518. The molecule has 1 fully saturated rings. The van der Waals surface area contributed by atoms with Gasteiger partial charge in [0.15, 0.2) is 17.3 Å². The fraction of sp³-hybridized carbons (Fsp3) is 0.158. The van der Waals surface area contributed by atoms with Crippen LogP contribution in [0.1, 0.15) is 29.4 Å². The second-order valence-electron chi connectivity index (χ2n) is 6.87. The first-order valence-corrected chi connectivity index (χ1v) is 8.74. The number of aromatic nitrogens is 5. The van der Waals surface area contributed by atoms with Crippen LogP contribution in [0.15, 0.2) is 46.4 Å². The number of imidazole rings is 1. The van der Waals surface area contributed by atoms with Crippen LogP contribution >= 0.6 is 0 Å².